The Hall–Kier alpha value is -2.58. The third-order valence-corrected chi connectivity index (χ3v) is 4.58. The fraction of sp³-hybridized carbons (Fsp3) is 0.421. The van der Waals surface area contributed by atoms with E-state index in [1.165, 1.54) is 12.1 Å². The highest BCUT2D eigenvalue weighted by atomic mass is 19.1. The number of imidazole rings is 1. The summed E-state index contributed by atoms with van der Waals surface area (Å²) in [6, 6.07) is 4.56. The number of hydrogen-bond acceptors (Lipinski definition) is 6. The number of hydrogen-bond donors (Lipinski definition) is 2. The molecule has 0 amide bonds. The first-order chi connectivity index (χ1) is 13.2. The van der Waals surface area contributed by atoms with E-state index in [0.29, 0.717) is 24.6 Å². The van der Waals surface area contributed by atoms with Crippen molar-refractivity contribution < 1.29 is 9.13 Å². The Labute approximate surface area is 157 Å². The molecule has 142 valence electrons. The Morgan fingerprint density at radius 2 is 2.15 bits per heavy atom. The Bertz CT molecular complexity index is 891. The minimum absolute atomic E-state index is 0.261. The average Bonchev–Trinajstić information content (AvgIpc) is 3.30. The summed E-state index contributed by atoms with van der Waals surface area (Å²) < 4.78 is 18.9. The van der Waals surface area contributed by atoms with E-state index in [1.54, 1.807) is 6.07 Å². The molecule has 0 saturated carbocycles. The molecule has 1 aliphatic rings. The highest BCUT2D eigenvalue weighted by Gasteiger charge is 2.15. The summed E-state index contributed by atoms with van der Waals surface area (Å²) in [6.07, 6.45) is 6.13. The number of aromatic nitrogens is 4. The van der Waals surface area contributed by atoms with Gasteiger partial charge in [-0.15, -0.1) is 0 Å². The van der Waals surface area contributed by atoms with Crippen molar-refractivity contribution in [3.8, 4) is 0 Å². The number of nitrogens with zero attached hydrogens (tertiary/aromatic N) is 4. The quantitative estimate of drug-likeness (QED) is 0.666. The van der Waals surface area contributed by atoms with E-state index in [1.807, 2.05) is 19.4 Å². The molecule has 1 fully saturated rings. The van der Waals surface area contributed by atoms with Gasteiger partial charge in [0.2, 0.25) is 5.95 Å². The molecule has 0 unspecified atom stereocenters. The van der Waals surface area contributed by atoms with Gasteiger partial charge in [0.25, 0.3) is 0 Å². The van der Waals surface area contributed by atoms with Gasteiger partial charge in [0, 0.05) is 37.7 Å². The second kappa shape index (κ2) is 7.98. The zero-order valence-electron chi connectivity index (χ0n) is 15.3. The van der Waals surface area contributed by atoms with Gasteiger partial charge in [-0.2, -0.15) is 0 Å². The number of H-pyrrole nitrogens is 1. The monoisotopic (exact) mass is 370 g/mol. The summed E-state index contributed by atoms with van der Waals surface area (Å²) in [4.78, 5) is 18.5. The van der Waals surface area contributed by atoms with Crippen molar-refractivity contribution >= 4 is 17.0 Å². The van der Waals surface area contributed by atoms with E-state index in [-0.39, 0.29) is 11.9 Å². The van der Waals surface area contributed by atoms with Gasteiger partial charge in [0.05, 0.1) is 23.7 Å². The lowest BCUT2D eigenvalue weighted by Gasteiger charge is -2.15. The van der Waals surface area contributed by atoms with E-state index in [4.69, 9.17) is 4.74 Å². The molecule has 3 aromatic rings. The van der Waals surface area contributed by atoms with Crippen molar-refractivity contribution in [2.24, 2.45) is 0 Å². The molecular formula is C19H23FN6O. The summed E-state index contributed by atoms with van der Waals surface area (Å²) in [6.45, 7) is 2.90. The molecule has 0 bridgehead atoms. The first kappa shape index (κ1) is 17.8. The van der Waals surface area contributed by atoms with Crippen LogP contribution in [0.4, 0.5) is 10.3 Å². The van der Waals surface area contributed by atoms with Gasteiger partial charge in [-0.3, -0.25) is 4.90 Å². The number of ether oxygens (including phenoxy) is 1. The van der Waals surface area contributed by atoms with Crippen LogP contribution in [0, 0.1) is 5.82 Å². The Balaban J connectivity index is 1.30. The van der Waals surface area contributed by atoms with Crippen LogP contribution in [0.2, 0.25) is 0 Å². The number of fused-ring (bicyclic) bond motifs is 1. The maximum Gasteiger partial charge on any atom is 0.222 e. The predicted molar refractivity (Wildman–Crippen MR) is 101 cm³/mol. The summed E-state index contributed by atoms with van der Waals surface area (Å²) in [7, 11) is 2.00. The van der Waals surface area contributed by atoms with E-state index in [0.717, 1.165) is 42.9 Å². The SMILES string of the molecule is CN(Cc1cnc(NC[C@H]2CCCO2)nc1)Cc1nc2ccc(F)cc2[nH]1. The molecule has 1 aromatic carbocycles. The lowest BCUT2D eigenvalue weighted by atomic mass is 10.2. The van der Waals surface area contributed by atoms with Crippen molar-refractivity contribution in [3.05, 3.63) is 47.8 Å². The topological polar surface area (TPSA) is 79.0 Å². The molecule has 0 radical (unpaired) electrons. The molecular weight excluding hydrogens is 347 g/mol. The van der Waals surface area contributed by atoms with Crippen molar-refractivity contribution in [1.29, 1.82) is 0 Å². The standard InChI is InChI=1S/C19H23FN6O/c1-26(12-18-24-16-5-4-14(20)7-17(16)25-18)11-13-8-21-19(22-9-13)23-10-15-3-2-6-27-15/h4-5,7-9,15H,2-3,6,10-12H2,1H3,(H,24,25)(H,21,22,23)/t15-/m1/s1. The second-order valence-electron chi connectivity index (χ2n) is 6.95. The Morgan fingerprint density at radius 3 is 2.93 bits per heavy atom. The van der Waals surface area contributed by atoms with E-state index in [9.17, 15) is 4.39 Å². The molecule has 1 aliphatic heterocycles. The van der Waals surface area contributed by atoms with E-state index >= 15 is 0 Å². The first-order valence-electron chi connectivity index (χ1n) is 9.15. The van der Waals surface area contributed by atoms with Gasteiger partial charge in [0.15, 0.2) is 0 Å². The fourth-order valence-electron chi connectivity index (χ4n) is 3.27. The van der Waals surface area contributed by atoms with Crippen LogP contribution in [0.3, 0.4) is 0 Å². The lowest BCUT2D eigenvalue weighted by Crippen LogP contribution is -2.20. The molecule has 1 saturated heterocycles. The molecule has 3 heterocycles. The van der Waals surface area contributed by atoms with Gasteiger partial charge in [-0.1, -0.05) is 0 Å². The number of anilines is 1. The second-order valence-corrected chi connectivity index (χ2v) is 6.95. The Kier molecular flexibility index (Phi) is 5.26. The molecule has 8 heteroatoms. The number of aromatic amines is 1. The lowest BCUT2D eigenvalue weighted by molar-refractivity contribution is 0.120. The van der Waals surface area contributed by atoms with E-state index in [2.05, 4.69) is 30.2 Å². The number of nitrogens with one attached hydrogen (secondary N) is 2. The van der Waals surface area contributed by atoms with Crippen LogP contribution in [0.1, 0.15) is 24.2 Å². The van der Waals surface area contributed by atoms with Crippen molar-refractivity contribution in [2.75, 3.05) is 25.5 Å². The number of benzene rings is 1. The molecule has 0 aliphatic carbocycles. The molecule has 4 rings (SSSR count). The van der Waals surface area contributed by atoms with Gasteiger partial charge in [-0.05, 0) is 38.1 Å². The molecule has 7 nitrogen and oxygen atoms in total. The largest absolute Gasteiger partial charge is 0.376 e. The van der Waals surface area contributed by atoms with E-state index < -0.39 is 0 Å². The maximum atomic E-state index is 13.3. The third-order valence-electron chi connectivity index (χ3n) is 4.58. The summed E-state index contributed by atoms with van der Waals surface area (Å²) >= 11 is 0. The zero-order valence-corrected chi connectivity index (χ0v) is 15.3. The van der Waals surface area contributed by atoms with Crippen LogP contribution >= 0.6 is 0 Å². The first-order valence-corrected chi connectivity index (χ1v) is 9.15. The molecule has 2 aromatic heterocycles. The van der Waals surface area contributed by atoms with Gasteiger partial charge in [-0.25, -0.2) is 19.3 Å². The van der Waals surface area contributed by atoms with Gasteiger partial charge >= 0.3 is 0 Å². The van der Waals surface area contributed by atoms with Crippen molar-refractivity contribution in [1.82, 2.24) is 24.8 Å². The molecule has 1 atom stereocenters. The minimum Gasteiger partial charge on any atom is -0.376 e. The van der Waals surface area contributed by atoms with Crippen molar-refractivity contribution in [2.45, 2.75) is 32.0 Å². The zero-order chi connectivity index (χ0) is 18.6. The fourth-order valence-corrected chi connectivity index (χ4v) is 3.27. The molecule has 2 N–H and O–H groups in total. The van der Waals surface area contributed by atoms with Gasteiger partial charge < -0.3 is 15.0 Å². The van der Waals surface area contributed by atoms with Crippen LogP contribution in [-0.4, -0.2) is 51.1 Å². The Morgan fingerprint density at radius 1 is 1.30 bits per heavy atom. The third kappa shape index (κ3) is 4.58. The highest BCUT2D eigenvalue weighted by molar-refractivity contribution is 5.74. The van der Waals surface area contributed by atoms with Gasteiger partial charge in [0.1, 0.15) is 11.6 Å². The average molecular weight is 370 g/mol. The van der Waals surface area contributed by atoms with Crippen LogP contribution in [0.25, 0.3) is 11.0 Å². The van der Waals surface area contributed by atoms with Crippen LogP contribution in [0.5, 0.6) is 0 Å². The van der Waals surface area contributed by atoms with Crippen LogP contribution in [-0.2, 0) is 17.8 Å². The summed E-state index contributed by atoms with van der Waals surface area (Å²) in [5.74, 6) is 1.15. The smallest absolute Gasteiger partial charge is 0.222 e. The molecule has 27 heavy (non-hydrogen) atoms. The maximum absolute atomic E-state index is 13.3. The summed E-state index contributed by atoms with van der Waals surface area (Å²) in [5.41, 5.74) is 2.50. The summed E-state index contributed by atoms with van der Waals surface area (Å²) in [5, 5.41) is 3.22. The van der Waals surface area contributed by atoms with Crippen LogP contribution in [0.15, 0.2) is 30.6 Å². The normalized spacial score (nSPS) is 17.1. The number of halogens is 1. The van der Waals surface area contributed by atoms with Crippen molar-refractivity contribution in [3.63, 3.8) is 0 Å². The molecule has 0 spiro atoms. The number of rotatable bonds is 7. The van der Waals surface area contributed by atoms with Crippen LogP contribution < -0.4 is 5.32 Å². The minimum atomic E-state index is -0.267. The highest BCUT2D eigenvalue weighted by Crippen LogP contribution is 2.15. The predicted octanol–water partition coefficient (Wildman–Crippen LogP) is 2.71.